The summed E-state index contributed by atoms with van der Waals surface area (Å²) in [5.41, 5.74) is 6.50. The Kier molecular flexibility index (Phi) is 5.97. The van der Waals surface area contributed by atoms with Gasteiger partial charge in [-0.3, -0.25) is 4.79 Å². The molecule has 0 bridgehead atoms. The van der Waals surface area contributed by atoms with E-state index in [1.807, 2.05) is 24.3 Å². The smallest absolute Gasteiger partial charge is 0.250 e. The van der Waals surface area contributed by atoms with Crippen LogP contribution in [0.2, 0.25) is 5.02 Å². The van der Waals surface area contributed by atoms with Gasteiger partial charge in [0.15, 0.2) is 0 Å². The Hall–Kier alpha value is -1.10. The molecule has 0 radical (unpaired) electrons. The number of benzene rings is 1. The molecule has 0 aliphatic rings. The van der Waals surface area contributed by atoms with Gasteiger partial charge in [-0.2, -0.15) is 0 Å². The Bertz CT molecular complexity index is 350. The third-order valence-corrected chi connectivity index (χ3v) is 2.67. The van der Waals surface area contributed by atoms with Gasteiger partial charge in [0.05, 0.1) is 0 Å². The van der Waals surface area contributed by atoms with Gasteiger partial charge in [-0.15, -0.1) is 0 Å². The van der Waals surface area contributed by atoms with Crippen molar-refractivity contribution >= 4 is 17.5 Å². The van der Waals surface area contributed by atoms with Crippen LogP contribution < -0.4 is 11.1 Å². The van der Waals surface area contributed by atoms with Crippen LogP contribution in [-0.4, -0.2) is 32.2 Å². The number of methoxy groups -OCH3 is 1. The summed E-state index contributed by atoms with van der Waals surface area (Å²) in [5, 5.41) is 3.48. The van der Waals surface area contributed by atoms with E-state index in [9.17, 15) is 4.79 Å². The predicted octanol–water partition coefficient (Wildman–Crippen LogP) is 0.972. The zero-order chi connectivity index (χ0) is 12.7. The summed E-state index contributed by atoms with van der Waals surface area (Å²) in [6, 6.07) is 7.53. The molecule has 0 saturated carbocycles. The number of amides is 1. The zero-order valence-corrected chi connectivity index (χ0v) is 10.5. The number of nitrogens with one attached hydrogen (secondary N) is 1. The molecule has 0 aliphatic heterocycles. The molecule has 5 heteroatoms. The van der Waals surface area contributed by atoms with E-state index < -0.39 is 6.10 Å². The predicted molar refractivity (Wildman–Crippen MR) is 68.0 cm³/mol. The Morgan fingerprint density at radius 3 is 2.65 bits per heavy atom. The fourth-order valence-electron chi connectivity index (χ4n) is 1.41. The zero-order valence-electron chi connectivity index (χ0n) is 9.78. The topological polar surface area (TPSA) is 64.3 Å². The lowest BCUT2D eigenvalue weighted by Gasteiger charge is -2.12. The largest absolute Gasteiger partial charge is 0.370 e. The number of halogens is 1. The second kappa shape index (κ2) is 7.27. The van der Waals surface area contributed by atoms with Crippen LogP contribution >= 0.6 is 11.6 Å². The van der Waals surface area contributed by atoms with E-state index >= 15 is 0 Å². The molecule has 94 valence electrons. The van der Waals surface area contributed by atoms with E-state index in [0.717, 1.165) is 12.0 Å². The van der Waals surface area contributed by atoms with Gasteiger partial charge in [-0.1, -0.05) is 23.7 Å². The molecule has 0 heterocycles. The molecule has 0 aliphatic carbocycles. The fourth-order valence-corrected chi connectivity index (χ4v) is 1.53. The van der Waals surface area contributed by atoms with Crippen LogP contribution in [0.5, 0.6) is 0 Å². The third-order valence-electron chi connectivity index (χ3n) is 2.42. The quantitative estimate of drug-likeness (QED) is 0.797. The third kappa shape index (κ3) is 4.73. The molecule has 1 atom stereocenters. The summed E-state index contributed by atoms with van der Waals surface area (Å²) >= 11 is 5.78. The van der Waals surface area contributed by atoms with Crippen LogP contribution in [0.4, 0.5) is 0 Å². The number of hydrogen-bond acceptors (Lipinski definition) is 3. The monoisotopic (exact) mass is 256 g/mol. The van der Waals surface area contributed by atoms with Gasteiger partial charge in [0.2, 0.25) is 5.91 Å². The van der Waals surface area contributed by atoms with Crippen molar-refractivity contribution in [2.24, 2.45) is 5.73 Å². The van der Waals surface area contributed by atoms with Crippen molar-refractivity contribution in [3.05, 3.63) is 34.9 Å². The first-order valence-electron chi connectivity index (χ1n) is 5.42. The minimum absolute atomic E-state index is 0.177. The summed E-state index contributed by atoms with van der Waals surface area (Å²) in [7, 11) is 1.47. The SMILES string of the molecule is COC(CN)C(=O)NCCc1ccc(Cl)cc1. The summed E-state index contributed by atoms with van der Waals surface area (Å²) in [5.74, 6) is -0.177. The van der Waals surface area contributed by atoms with Gasteiger partial charge in [-0.25, -0.2) is 0 Å². The van der Waals surface area contributed by atoms with Crippen molar-refractivity contribution in [3.63, 3.8) is 0 Å². The number of ether oxygens (including phenoxy) is 1. The lowest BCUT2D eigenvalue weighted by molar-refractivity contribution is -0.130. The Morgan fingerprint density at radius 2 is 2.12 bits per heavy atom. The highest BCUT2D eigenvalue weighted by Gasteiger charge is 2.14. The highest BCUT2D eigenvalue weighted by molar-refractivity contribution is 6.30. The van der Waals surface area contributed by atoms with Gasteiger partial charge in [-0.05, 0) is 24.1 Å². The molecule has 1 amide bonds. The van der Waals surface area contributed by atoms with Crippen LogP contribution in [0, 0.1) is 0 Å². The highest BCUT2D eigenvalue weighted by atomic mass is 35.5. The van der Waals surface area contributed by atoms with Crippen LogP contribution in [0.15, 0.2) is 24.3 Å². The molecule has 0 aromatic heterocycles. The summed E-state index contributed by atoms with van der Waals surface area (Å²) in [6.07, 6.45) is 0.185. The van der Waals surface area contributed by atoms with Gasteiger partial charge in [0, 0.05) is 25.2 Å². The fraction of sp³-hybridized carbons (Fsp3) is 0.417. The second-order valence-corrected chi connectivity index (χ2v) is 4.06. The van der Waals surface area contributed by atoms with Gasteiger partial charge in [0.1, 0.15) is 6.10 Å². The van der Waals surface area contributed by atoms with Crippen LogP contribution in [0.3, 0.4) is 0 Å². The lowest BCUT2D eigenvalue weighted by Crippen LogP contribution is -2.41. The molecule has 1 aromatic rings. The van der Waals surface area contributed by atoms with E-state index in [1.54, 1.807) is 0 Å². The number of carbonyl (C=O) groups is 1. The van der Waals surface area contributed by atoms with E-state index in [2.05, 4.69) is 5.32 Å². The molecular formula is C12H17ClN2O2. The number of carbonyl (C=O) groups excluding carboxylic acids is 1. The molecule has 17 heavy (non-hydrogen) atoms. The van der Waals surface area contributed by atoms with E-state index in [4.69, 9.17) is 22.1 Å². The maximum atomic E-state index is 11.5. The summed E-state index contributed by atoms with van der Waals surface area (Å²) in [6.45, 7) is 0.740. The average molecular weight is 257 g/mol. The van der Waals surface area contributed by atoms with E-state index in [0.29, 0.717) is 11.6 Å². The molecule has 0 fully saturated rings. The van der Waals surface area contributed by atoms with Crippen LogP contribution in [0.25, 0.3) is 0 Å². The number of nitrogens with two attached hydrogens (primary N) is 1. The van der Waals surface area contributed by atoms with Crippen molar-refractivity contribution in [2.45, 2.75) is 12.5 Å². The summed E-state index contributed by atoms with van der Waals surface area (Å²) < 4.78 is 4.93. The first-order chi connectivity index (χ1) is 8.17. The maximum Gasteiger partial charge on any atom is 0.250 e. The standard InChI is InChI=1S/C12H17ClN2O2/c1-17-11(8-14)12(16)15-7-6-9-2-4-10(13)5-3-9/h2-5,11H,6-8,14H2,1H3,(H,15,16). The summed E-state index contributed by atoms with van der Waals surface area (Å²) in [4.78, 5) is 11.5. The Balaban J connectivity index is 2.32. The van der Waals surface area contributed by atoms with E-state index in [-0.39, 0.29) is 12.5 Å². The van der Waals surface area contributed by atoms with Crippen LogP contribution in [-0.2, 0) is 16.0 Å². The van der Waals surface area contributed by atoms with Gasteiger partial charge >= 0.3 is 0 Å². The molecule has 4 nitrogen and oxygen atoms in total. The highest BCUT2D eigenvalue weighted by Crippen LogP contribution is 2.09. The normalized spacial score (nSPS) is 12.2. The van der Waals surface area contributed by atoms with Crippen molar-refractivity contribution in [3.8, 4) is 0 Å². The van der Waals surface area contributed by atoms with Crippen molar-refractivity contribution in [2.75, 3.05) is 20.2 Å². The molecule has 0 spiro atoms. The van der Waals surface area contributed by atoms with Crippen LogP contribution in [0.1, 0.15) is 5.56 Å². The lowest BCUT2D eigenvalue weighted by atomic mass is 10.1. The minimum Gasteiger partial charge on any atom is -0.370 e. The van der Waals surface area contributed by atoms with Gasteiger partial charge in [0.25, 0.3) is 0 Å². The Morgan fingerprint density at radius 1 is 1.47 bits per heavy atom. The van der Waals surface area contributed by atoms with E-state index in [1.165, 1.54) is 7.11 Å². The first-order valence-corrected chi connectivity index (χ1v) is 5.80. The molecular weight excluding hydrogens is 240 g/mol. The second-order valence-electron chi connectivity index (χ2n) is 3.63. The van der Waals surface area contributed by atoms with Crippen molar-refractivity contribution in [1.29, 1.82) is 0 Å². The average Bonchev–Trinajstić information content (AvgIpc) is 2.33. The molecule has 0 saturated heterocycles. The first kappa shape index (κ1) is 14.0. The molecule has 1 unspecified atom stereocenters. The minimum atomic E-state index is -0.569. The number of hydrogen-bond donors (Lipinski definition) is 2. The Labute approximate surface area is 106 Å². The van der Waals surface area contributed by atoms with Crippen molar-refractivity contribution < 1.29 is 9.53 Å². The van der Waals surface area contributed by atoms with Gasteiger partial charge < -0.3 is 15.8 Å². The van der Waals surface area contributed by atoms with Crippen molar-refractivity contribution in [1.82, 2.24) is 5.32 Å². The number of rotatable bonds is 6. The molecule has 1 rings (SSSR count). The molecule has 1 aromatic carbocycles. The maximum absolute atomic E-state index is 11.5. The molecule has 3 N–H and O–H groups in total.